The number of allylic oxidation sites excluding steroid dienone is 2. The van der Waals surface area contributed by atoms with Crippen LogP contribution in [0.1, 0.15) is 44.3 Å². The van der Waals surface area contributed by atoms with Crippen molar-refractivity contribution in [1.82, 2.24) is 0 Å². The number of carboxylic acid groups (broad SMARTS) is 1. The fourth-order valence-corrected chi connectivity index (χ4v) is 1.55. The van der Waals surface area contributed by atoms with Crippen molar-refractivity contribution < 1.29 is 65.7 Å². The molecule has 0 bridgehead atoms. The van der Waals surface area contributed by atoms with E-state index < -0.39 is 5.97 Å². The van der Waals surface area contributed by atoms with E-state index in [0.717, 1.165) is 25.7 Å². The number of carbonyl (C=O) groups is 1. The minimum Gasteiger partial charge on any atom is -0.550 e. The summed E-state index contributed by atoms with van der Waals surface area (Å²) in [5.41, 5.74) is 0. The zero-order valence-corrected chi connectivity index (χ0v) is 15.5. The molecule has 0 aliphatic carbocycles. The van der Waals surface area contributed by atoms with Crippen molar-refractivity contribution in [2.75, 3.05) is 0 Å². The molecular weight excluding hydrogens is 291 g/mol. The second-order valence-corrected chi connectivity index (χ2v) is 4.22. The summed E-state index contributed by atoms with van der Waals surface area (Å²) in [6.45, 7) is 0. The zero-order valence-electron chi connectivity index (χ0n) is 12.4. The fraction of sp³-hybridized carbons (Fsp3) is 0.353. The molecule has 0 spiro atoms. The molecule has 1 aromatic rings. The molecule has 0 saturated heterocycles. The number of rotatable bonds is 7. The monoisotopic (exact) mass is 308 g/mol. The normalized spacial score (nSPS) is 9.14. The van der Waals surface area contributed by atoms with E-state index in [2.05, 4.69) is 23.7 Å². The van der Waals surface area contributed by atoms with E-state index in [0.29, 0.717) is 12.2 Å². The van der Waals surface area contributed by atoms with Gasteiger partial charge in [-0.2, -0.15) is 0 Å². The van der Waals surface area contributed by atoms with Gasteiger partial charge in [0, 0.05) is 5.97 Å². The number of hydrogen-bond donors (Lipinski definition) is 0. The van der Waals surface area contributed by atoms with Gasteiger partial charge in [-0.3, -0.25) is 0 Å². The standard InChI is InChI=1S/C17H18O3.K/c18-17(19)14-10-8-6-4-2-1-3-5-7-9-12-16-13-11-15-20-16;/h1,3,11,13,15H,2,4,6,8,10,14H2,(H,18,19);/q;+1/p-1/b3-1-;. The molecule has 0 atom stereocenters. The second-order valence-electron chi connectivity index (χ2n) is 4.22. The molecule has 0 aromatic carbocycles. The van der Waals surface area contributed by atoms with Crippen molar-refractivity contribution in [2.24, 2.45) is 0 Å². The van der Waals surface area contributed by atoms with E-state index in [1.54, 1.807) is 24.5 Å². The van der Waals surface area contributed by atoms with Crippen molar-refractivity contribution >= 4 is 5.97 Å². The molecule has 0 fully saturated rings. The molecule has 0 radical (unpaired) electrons. The molecule has 0 N–H and O–H groups in total. The molecule has 104 valence electrons. The molecule has 0 saturated carbocycles. The summed E-state index contributed by atoms with van der Waals surface area (Å²) in [6.07, 6.45) is 10.2. The van der Waals surface area contributed by atoms with Crippen LogP contribution in [0.4, 0.5) is 0 Å². The second kappa shape index (κ2) is 14.2. The first-order chi connectivity index (χ1) is 9.79. The predicted octanol–water partition coefficient (Wildman–Crippen LogP) is -0.715. The molecule has 0 amide bonds. The van der Waals surface area contributed by atoms with E-state index in [1.165, 1.54) is 0 Å². The van der Waals surface area contributed by atoms with Crippen LogP contribution in [0.15, 0.2) is 35.0 Å². The van der Waals surface area contributed by atoms with Crippen molar-refractivity contribution in [3.05, 3.63) is 36.3 Å². The first-order valence-corrected chi connectivity index (χ1v) is 6.69. The third kappa shape index (κ3) is 12.7. The van der Waals surface area contributed by atoms with Crippen LogP contribution >= 0.6 is 0 Å². The predicted molar refractivity (Wildman–Crippen MR) is 75.2 cm³/mol. The average Bonchev–Trinajstić information content (AvgIpc) is 2.93. The fourth-order valence-electron chi connectivity index (χ4n) is 1.55. The molecule has 3 nitrogen and oxygen atoms in total. The van der Waals surface area contributed by atoms with Gasteiger partial charge in [-0.15, -0.1) is 0 Å². The number of hydrogen-bond acceptors (Lipinski definition) is 3. The van der Waals surface area contributed by atoms with Crippen molar-refractivity contribution in [2.45, 2.75) is 38.5 Å². The van der Waals surface area contributed by atoms with Gasteiger partial charge in [0.05, 0.1) is 6.26 Å². The molecule has 21 heavy (non-hydrogen) atoms. The van der Waals surface area contributed by atoms with Crippen molar-refractivity contribution in [3.63, 3.8) is 0 Å². The van der Waals surface area contributed by atoms with E-state index in [9.17, 15) is 9.90 Å². The van der Waals surface area contributed by atoms with Crippen LogP contribution in [0.5, 0.6) is 0 Å². The summed E-state index contributed by atoms with van der Waals surface area (Å²) < 4.78 is 5.04. The van der Waals surface area contributed by atoms with Crippen molar-refractivity contribution in [1.29, 1.82) is 0 Å². The maximum atomic E-state index is 10.2. The molecule has 1 rings (SSSR count). The molecule has 4 heteroatoms. The molecular formula is C17H17KO3. The first-order valence-electron chi connectivity index (χ1n) is 6.69. The first kappa shape index (κ1) is 20.2. The number of carboxylic acids is 1. The molecule has 1 heterocycles. The smallest absolute Gasteiger partial charge is 0.550 e. The Kier molecular flexibility index (Phi) is 13.7. The largest absolute Gasteiger partial charge is 1.00 e. The maximum Gasteiger partial charge on any atom is 1.00 e. The zero-order chi connectivity index (χ0) is 14.5. The van der Waals surface area contributed by atoms with Gasteiger partial charge in [0.15, 0.2) is 5.76 Å². The average molecular weight is 308 g/mol. The summed E-state index contributed by atoms with van der Waals surface area (Å²) in [5, 5.41) is 10.2. The summed E-state index contributed by atoms with van der Waals surface area (Å²) >= 11 is 0. The Morgan fingerprint density at radius 3 is 2.76 bits per heavy atom. The third-order valence-corrected chi connectivity index (χ3v) is 2.54. The number of carbonyl (C=O) groups excluding carboxylic acids is 1. The topological polar surface area (TPSA) is 53.3 Å². The molecule has 0 aliphatic rings. The molecule has 1 aromatic heterocycles. The van der Waals surface area contributed by atoms with Gasteiger partial charge in [0.25, 0.3) is 0 Å². The Labute approximate surface area is 168 Å². The van der Waals surface area contributed by atoms with Gasteiger partial charge in [0.2, 0.25) is 0 Å². The Hall–Kier alpha value is -0.754. The van der Waals surface area contributed by atoms with E-state index in [1.807, 2.05) is 6.08 Å². The molecule has 0 aliphatic heterocycles. The van der Waals surface area contributed by atoms with Gasteiger partial charge in [-0.1, -0.05) is 24.8 Å². The van der Waals surface area contributed by atoms with E-state index >= 15 is 0 Å². The quantitative estimate of drug-likeness (QED) is 0.380. The van der Waals surface area contributed by atoms with Crippen molar-refractivity contribution in [3.8, 4) is 23.7 Å². The van der Waals surface area contributed by atoms with Gasteiger partial charge in [0.1, 0.15) is 0 Å². The van der Waals surface area contributed by atoms with Crippen LogP contribution in [0.25, 0.3) is 0 Å². The number of unbranched alkanes of at least 4 members (excludes halogenated alkanes) is 4. The van der Waals surface area contributed by atoms with Crippen LogP contribution < -0.4 is 56.5 Å². The Bertz CT molecular complexity index is 536. The van der Waals surface area contributed by atoms with Crippen LogP contribution in [-0.2, 0) is 4.79 Å². The Morgan fingerprint density at radius 1 is 1.24 bits per heavy atom. The summed E-state index contributed by atoms with van der Waals surface area (Å²) in [4.78, 5) is 10.2. The van der Waals surface area contributed by atoms with Gasteiger partial charge in [-0.25, -0.2) is 0 Å². The number of aliphatic carboxylic acids is 1. The van der Waals surface area contributed by atoms with Crippen LogP contribution in [0, 0.1) is 23.7 Å². The minimum absolute atomic E-state index is 0. The Morgan fingerprint density at radius 2 is 2.05 bits per heavy atom. The summed E-state index contributed by atoms with van der Waals surface area (Å²) in [6, 6.07) is 3.56. The van der Waals surface area contributed by atoms with E-state index in [-0.39, 0.29) is 57.8 Å². The number of furan rings is 1. The molecule has 0 unspecified atom stereocenters. The summed E-state index contributed by atoms with van der Waals surface area (Å²) in [5.74, 6) is 10.7. The van der Waals surface area contributed by atoms with Gasteiger partial charge in [-0.05, 0) is 61.7 Å². The summed E-state index contributed by atoms with van der Waals surface area (Å²) in [7, 11) is 0. The third-order valence-electron chi connectivity index (χ3n) is 2.54. The van der Waals surface area contributed by atoms with Crippen LogP contribution in [-0.4, -0.2) is 5.97 Å². The van der Waals surface area contributed by atoms with Crippen LogP contribution in [0.3, 0.4) is 0 Å². The van der Waals surface area contributed by atoms with Crippen LogP contribution in [0.2, 0.25) is 0 Å². The van der Waals surface area contributed by atoms with Gasteiger partial charge >= 0.3 is 51.4 Å². The Balaban J connectivity index is 0.00000400. The SMILES string of the molecule is O=C([O-])CCCCCC/C=C\C#CC#Cc1ccco1.[K+]. The van der Waals surface area contributed by atoms with E-state index in [4.69, 9.17) is 4.42 Å². The minimum atomic E-state index is -0.962. The maximum absolute atomic E-state index is 10.2. The van der Waals surface area contributed by atoms with Gasteiger partial charge < -0.3 is 14.3 Å².